The number of nitrogens with zero attached hydrogens (tertiary/aromatic N) is 1. The first-order chi connectivity index (χ1) is 13.1. The summed E-state index contributed by atoms with van der Waals surface area (Å²) in [5.41, 5.74) is 1.49. The zero-order valence-corrected chi connectivity index (χ0v) is 15.6. The van der Waals surface area contributed by atoms with Crippen LogP contribution in [-0.2, 0) is 6.54 Å². The molecular formula is C22H25FN2O2. The average molecular weight is 368 g/mol. The van der Waals surface area contributed by atoms with Crippen LogP contribution in [-0.4, -0.2) is 29.3 Å². The summed E-state index contributed by atoms with van der Waals surface area (Å²) < 4.78 is 13.6. The van der Waals surface area contributed by atoms with Crippen LogP contribution >= 0.6 is 0 Å². The molecule has 0 aromatic heterocycles. The lowest BCUT2D eigenvalue weighted by Gasteiger charge is -2.35. The Kier molecular flexibility index (Phi) is 6.22. The number of hydrogen-bond donors (Lipinski definition) is 1. The van der Waals surface area contributed by atoms with Gasteiger partial charge in [-0.1, -0.05) is 25.1 Å². The number of nitrogens with one attached hydrogen (secondary N) is 1. The molecule has 1 aliphatic rings. The molecule has 2 aromatic carbocycles. The van der Waals surface area contributed by atoms with E-state index in [1.807, 2.05) is 4.90 Å². The Hall–Kier alpha value is -2.69. The largest absolute Gasteiger partial charge is 0.348 e. The summed E-state index contributed by atoms with van der Waals surface area (Å²) >= 11 is 0. The Morgan fingerprint density at radius 3 is 2.48 bits per heavy atom. The molecule has 0 saturated carbocycles. The van der Waals surface area contributed by atoms with Crippen molar-refractivity contribution in [3.05, 3.63) is 71.0 Å². The van der Waals surface area contributed by atoms with Gasteiger partial charge >= 0.3 is 0 Å². The minimum Gasteiger partial charge on any atom is -0.348 e. The second-order valence-electron chi connectivity index (χ2n) is 6.91. The summed E-state index contributed by atoms with van der Waals surface area (Å²) in [7, 11) is 0. The first-order valence-corrected chi connectivity index (χ1v) is 9.52. The van der Waals surface area contributed by atoms with Crippen LogP contribution in [0.4, 0.5) is 4.39 Å². The van der Waals surface area contributed by atoms with Gasteiger partial charge < -0.3 is 10.2 Å². The predicted molar refractivity (Wildman–Crippen MR) is 103 cm³/mol. The highest BCUT2D eigenvalue weighted by atomic mass is 19.1. The fourth-order valence-electron chi connectivity index (χ4n) is 3.54. The van der Waals surface area contributed by atoms with Crippen molar-refractivity contribution in [3.63, 3.8) is 0 Å². The quantitative estimate of drug-likeness (QED) is 0.861. The van der Waals surface area contributed by atoms with Crippen LogP contribution in [0.25, 0.3) is 0 Å². The SMILES string of the molecule is CCC1CCCCN1C(=O)c1ccc(C(=O)NCc2ccccc2F)cc1. The molecule has 0 bridgehead atoms. The topological polar surface area (TPSA) is 49.4 Å². The normalized spacial score (nSPS) is 16.8. The number of halogens is 1. The van der Waals surface area contributed by atoms with Crippen LogP contribution in [0, 0.1) is 5.82 Å². The minimum atomic E-state index is -0.342. The van der Waals surface area contributed by atoms with Crippen LogP contribution in [0.3, 0.4) is 0 Å². The van der Waals surface area contributed by atoms with Gasteiger partial charge in [0.15, 0.2) is 0 Å². The van der Waals surface area contributed by atoms with Crippen LogP contribution in [0.1, 0.15) is 58.9 Å². The Labute approximate surface area is 159 Å². The Balaban J connectivity index is 1.63. The Bertz CT molecular complexity index is 804. The molecule has 1 aliphatic heterocycles. The Morgan fingerprint density at radius 1 is 1.07 bits per heavy atom. The molecule has 1 saturated heterocycles. The van der Waals surface area contributed by atoms with Gasteiger partial charge in [0.2, 0.25) is 0 Å². The molecule has 2 amide bonds. The third kappa shape index (κ3) is 4.54. The number of hydrogen-bond acceptors (Lipinski definition) is 2. The summed E-state index contributed by atoms with van der Waals surface area (Å²) in [5, 5.41) is 2.71. The van der Waals surface area contributed by atoms with E-state index in [1.54, 1.807) is 42.5 Å². The van der Waals surface area contributed by atoms with E-state index in [9.17, 15) is 14.0 Å². The lowest BCUT2D eigenvalue weighted by molar-refractivity contribution is 0.0607. The molecular weight excluding hydrogens is 343 g/mol. The molecule has 2 aromatic rings. The van der Waals surface area contributed by atoms with E-state index in [-0.39, 0.29) is 24.2 Å². The van der Waals surface area contributed by atoms with E-state index in [2.05, 4.69) is 12.2 Å². The van der Waals surface area contributed by atoms with Crippen molar-refractivity contribution in [2.45, 2.75) is 45.2 Å². The van der Waals surface area contributed by atoms with Gasteiger partial charge in [0.05, 0.1) is 0 Å². The standard InChI is InChI=1S/C22H25FN2O2/c1-2-19-8-5-6-14-25(19)22(27)17-12-10-16(11-13-17)21(26)24-15-18-7-3-4-9-20(18)23/h3-4,7,9-13,19H,2,5-6,8,14-15H2,1H3,(H,24,26). The molecule has 5 heteroatoms. The maximum Gasteiger partial charge on any atom is 0.254 e. The molecule has 1 fully saturated rings. The van der Waals surface area contributed by atoms with Crippen LogP contribution in [0.5, 0.6) is 0 Å². The van der Waals surface area contributed by atoms with Gasteiger partial charge in [-0.3, -0.25) is 9.59 Å². The van der Waals surface area contributed by atoms with Crippen LogP contribution in [0.2, 0.25) is 0 Å². The number of rotatable bonds is 5. The minimum absolute atomic E-state index is 0.0277. The van der Waals surface area contributed by atoms with Gasteiger partial charge in [-0.05, 0) is 56.0 Å². The summed E-state index contributed by atoms with van der Waals surface area (Å²) in [6.45, 7) is 3.03. The van der Waals surface area contributed by atoms with E-state index < -0.39 is 0 Å². The van der Waals surface area contributed by atoms with Gasteiger partial charge in [0.1, 0.15) is 5.82 Å². The third-order valence-electron chi connectivity index (χ3n) is 5.15. The van der Waals surface area contributed by atoms with Crippen molar-refractivity contribution < 1.29 is 14.0 Å². The van der Waals surface area contributed by atoms with Crippen molar-refractivity contribution in [1.29, 1.82) is 0 Å². The summed E-state index contributed by atoms with van der Waals surface area (Å²) in [4.78, 5) is 27.0. The first-order valence-electron chi connectivity index (χ1n) is 9.52. The van der Waals surface area contributed by atoms with Crippen molar-refractivity contribution in [2.24, 2.45) is 0 Å². The molecule has 1 atom stereocenters. The van der Waals surface area contributed by atoms with Gasteiger partial charge in [-0.2, -0.15) is 0 Å². The van der Waals surface area contributed by atoms with Gasteiger partial charge in [-0.15, -0.1) is 0 Å². The van der Waals surface area contributed by atoms with E-state index in [0.29, 0.717) is 22.7 Å². The fraction of sp³-hybridized carbons (Fsp3) is 0.364. The molecule has 27 heavy (non-hydrogen) atoms. The molecule has 0 spiro atoms. The highest BCUT2D eigenvalue weighted by Gasteiger charge is 2.26. The number of benzene rings is 2. The van der Waals surface area contributed by atoms with Crippen molar-refractivity contribution in [2.75, 3.05) is 6.54 Å². The second kappa shape index (κ2) is 8.80. The Morgan fingerprint density at radius 2 is 1.78 bits per heavy atom. The number of piperidine rings is 1. The molecule has 0 radical (unpaired) electrons. The van der Waals surface area contributed by atoms with E-state index >= 15 is 0 Å². The van der Waals surface area contributed by atoms with Crippen molar-refractivity contribution in [3.8, 4) is 0 Å². The van der Waals surface area contributed by atoms with Gasteiger partial charge in [0, 0.05) is 35.8 Å². The molecule has 1 heterocycles. The molecule has 4 nitrogen and oxygen atoms in total. The predicted octanol–water partition coefficient (Wildman–Crippen LogP) is 4.16. The molecule has 1 N–H and O–H groups in total. The second-order valence-corrected chi connectivity index (χ2v) is 6.91. The molecule has 1 unspecified atom stereocenters. The van der Waals surface area contributed by atoms with E-state index in [0.717, 1.165) is 25.8 Å². The highest BCUT2D eigenvalue weighted by Crippen LogP contribution is 2.22. The molecule has 0 aliphatic carbocycles. The smallest absolute Gasteiger partial charge is 0.254 e. The lowest BCUT2D eigenvalue weighted by Crippen LogP contribution is -2.43. The zero-order valence-electron chi connectivity index (χ0n) is 15.6. The number of carbonyl (C=O) groups is 2. The van der Waals surface area contributed by atoms with Gasteiger partial charge in [-0.25, -0.2) is 4.39 Å². The number of carbonyl (C=O) groups excluding carboxylic acids is 2. The van der Waals surface area contributed by atoms with E-state index in [1.165, 1.54) is 12.5 Å². The summed E-state index contributed by atoms with van der Waals surface area (Å²) in [6.07, 6.45) is 4.23. The first kappa shape index (κ1) is 19.1. The fourth-order valence-corrected chi connectivity index (χ4v) is 3.54. The maximum atomic E-state index is 13.6. The molecule has 3 rings (SSSR count). The lowest BCUT2D eigenvalue weighted by atomic mass is 9.98. The monoisotopic (exact) mass is 368 g/mol. The summed E-state index contributed by atoms with van der Waals surface area (Å²) in [6, 6.07) is 13.3. The van der Waals surface area contributed by atoms with Gasteiger partial charge in [0.25, 0.3) is 11.8 Å². The van der Waals surface area contributed by atoms with Crippen molar-refractivity contribution in [1.82, 2.24) is 10.2 Å². The van der Waals surface area contributed by atoms with E-state index in [4.69, 9.17) is 0 Å². The third-order valence-corrected chi connectivity index (χ3v) is 5.15. The average Bonchev–Trinajstić information content (AvgIpc) is 2.72. The zero-order chi connectivity index (χ0) is 19.2. The maximum absolute atomic E-state index is 13.6. The number of amides is 2. The van der Waals surface area contributed by atoms with Crippen LogP contribution in [0.15, 0.2) is 48.5 Å². The van der Waals surface area contributed by atoms with Crippen LogP contribution < -0.4 is 5.32 Å². The summed E-state index contributed by atoms with van der Waals surface area (Å²) in [5.74, 6) is -0.604. The van der Waals surface area contributed by atoms with Crippen molar-refractivity contribution >= 4 is 11.8 Å². The molecule has 142 valence electrons. The highest BCUT2D eigenvalue weighted by molar-refractivity contribution is 5.98. The number of likely N-dealkylation sites (tertiary alicyclic amines) is 1.